The summed E-state index contributed by atoms with van der Waals surface area (Å²) in [5.41, 5.74) is -8.48. The minimum Gasteiger partial charge on any atom is -0.459 e. The van der Waals surface area contributed by atoms with E-state index in [9.17, 15) is 34.2 Å². The van der Waals surface area contributed by atoms with Crippen LogP contribution in [0.25, 0.3) is 0 Å². The first kappa shape index (κ1) is 50.2. The van der Waals surface area contributed by atoms with Crippen molar-refractivity contribution in [3.8, 4) is 0 Å². The number of benzene rings is 2. The smallest absolute Gasteiger partial charge is 0.408 e. The van der Waals surface area contributed by atoms with Gasteiger partial charge < -0.3 is 44.0 Å². The van der Waals surface area contributed by atoms with Crippen molar-refractivity contribution in [2.75, 3.05) is 6.61 Å². The summed E-state index contributed by atoms with van der Waals surface area (Å²) in [5, 5.41) is 28.3. The van der Waals surface area contributed by atoms with Gasteiger partial charge in [0.1, 0.15) is 35.6 Å². The summed E-state index contributed by atoms with van der Waals surface area (Å²) in [7, 11) is 0. The summed E-state index contributed by atoms with van der Waals surface area (Å²) in [6.07, 6.45) is -6.54. The highest BCUT2D eigenvalue weighted by Gasteiger charge is 2.79. The lowest BCUT2D eigenvalue weighted by Crippen LogP contribution is -2.82. The van der Waals surface area contributed by atoms with E-state index in [2.05, 4.69) is 5.32 Å². The zero-order chi connectivity index (χ0) is 48.6. The molecule has 3 saturated carbocycles. The molecule has 2 aromatic rings. The van der Waals surface area contributed by atoms with Gasteiger partial charge in [-0.1, -0.05) is 95.5 Å². The van der Waals surface area contributed by atoms with Crippen molar-refractivity contribution in [1.82, 2.24) is 5.32 Å². The highest BCUT2D eigenvalue weighted by molar-refractivity contribution is 6.40. The van der Waals surface area contributed by atoms with E-state index in [-0.39, 0.29) is 25.0 Å². The molecule has 3 aliphatic carbocycles. The SMILES string of the molecule is CCCCCCC(=O)O[C@@H](C(=O)O[C@H]1C[C@@]2(O)[C@@H](OC(=O)c3ccccc3)C3[C@](C)(C(=O)C(=O)C(C1C)C2(C)C)[C@@H](O)C[C@H]1OC[C@@]31OC(C)=O)[C@@H](NC(=O)OC(C)(C)C)c1ccccc1. The van der Waals surface area contributed by atoms with Gasteiger partial charge in [-0.3, -0.25) is 19.2 Å². The van der Waals surface area contributed by atoms with E-state index in [0.717, 1.165) is 26.2 Å². The van der Waals surface area contributed by atoms with Gasteiger partial charge in [0.2, 0.25) is 17.7 Å². The molecule has 1 amide bonds. The number of hydrogen-bond acceptors (Lipinski definition) is 15. The number of rotatable bonds is 14. The van der Waals surface area contributed by atoms with Gasteiger partial charge in [-0.25, -0.2) is 14.4 Å². The van der Waals surface area contributed by atoms with Gasteiger partial charge in [-0.15, -0.1) is 0 Å². The molecule has 2 bridgehead atoms. The number of unbranched alkanes of at least 4 members (excludes halogenated alkanes) is 3. The summed E-state index contributed by atoms with van der Waals surface area (Å²) in [4.78, 5) is 99.5. The minimum atomic E-state index is -2.40. The number of esters is 4. The van der Waals surface area contributed by atoms with E-state index < -0.39 is 130 Å². The molecule has 16 nitrogen and oxygen atoms in total. The first-order chi connectivity index (χ1) is 30.9. The molecule has 66 heavy (non-hydrogen) atoms. The molecule has 1 saturated heterocycles. The van der Waals surface area contributed by atoms with Crippen LogP contribution in [0, 0.1) is 28.6 Å². The zero-order valence-electron chi connectivity index (χ0n) is 39.3. The topological polar surface area (TPSA) is 227 Å². The van der Waals surface area contributed by atoms with Crippen LogP contribution < -0.4 is 5.32 Å². The van der Waals surface area contributed by atoms with Crippen LogP contribution in [0.4, 0.5) is 4.79 Å². The molecule has 0 radical (unpaired) electrons. The number of fused-ring (bicyclic) bond motifs is 5. The van der Waals surface area contributed by atoms with Gasteiger partial charge in [0, 0.05) is 43.4 Å². The number of aliphatic hydroxyl groups excluding tert-OH is 1. The summed E-state index contributed by atoms with van der Waals surface area (Å²) in [5.74, 6) is -9.74. The molecule has 360 valence electrons. The van der Waals surface area contributed by atoms with Crippen LogP contribution in [-0.4, -0.2) is 106 Å². The van der Waals surface area contributed by atoms with E-state index in [4.69, 9.17) is 28.4 Å². The first-order valence-electron chi connectivity index (χ1n) is 22.9. The zero-order valence-corrected chi connectivity index (χ0v) is 39.3. The Kier molecular flexibility index (Phi) is 14.6. The molecule has 12 atom stereocenters. The van der Waals surface area contributed by atoms with Gasteiger partial charge in [-0.2, -0.15) is 0 Å². The standard InChI is InChI=1S/C50H65NO15/c1-10-11-12-19-24-35(54)63-39(37(30-20-15-13-16-21-30)51-45(59)66-46(4,5)6)44(58)62-32-26-50(60)42(64-43(57)31-22-17-14-18-23-31)40-48(9,41(56)38(55)36(28(32)2)47(50,7)8)33(53)25-34-49(40,27-61-34)65-29(3)52/h13-18,20-23,28,32-34,36-37,39-40,42,53,60H,10-12,19,24-27H2,1-9H3,(H,51,59)/t28?,32-,33-,34+,36?,37-,39+,40?,42-,48+,49-,50+/m0/s1. The van der Waals surface area contributed by atoms with Crippen LogP contribution >= 0.6 is 0 Å². The van der Waals surface area contributed by atoms with Crippen LogP contribution in [-0.2, 0) is 52.4 Å². The average molecular weight is 920 g/mol. The fraction of sp³-hybridized carbons (Fsp3) is 0.620. The van der Waals surface area contributed by atoms with Gasteiger partial charge in [0.15, 0.2) is 5.60 Å². The monoisotopic (exact) mass is 919 g/mol. The summed E-state index contributed by atoms with van der Waals surface area (Å²) < 4.78 is 36.1. The number of Topliss-reactive ketones (excluding diaryl/α,β-unsaturated/α-hetero) is 2. The van der Waals surface area contributed by atoms with Gasteiger partial charge in [0.05, 0.1) is 29.6 Å². The minimum absolute atomic E-state index is 0.0561. The summed E-state index contributed by atoms with van der Waals surface area (Å²) in [6, 6.07) is 14.8. The molecule has 1 heterocycles. The molecule has 16 heteroatoms. The third-order valence-corrected chi connectivity index (χ3v) is 14.3. The number of ether oxygens (including phenoxy) is 6. The van der Waals surface area contributed by atoms with Gasteiger partial charge in [-0.05, 0) is 51.8 Å². The highest BCUT2D eigenvalue weighted by Crippen LogP contribution is 2.64. The van der Waals surface area contributed by atoms with Gasteiger partial charge in [0.25, 0.3) is 0 Å². The van der Waals surface area contributed by atoms with E-state index >= 15 is 9.59 Å². The van der Waals surface area contributed by atoms with E-state index in [1.54, 1.807) is 90.1 Å². The lowest BCUT2D eigenvalue weighted by molar-refractivity contribution is -0.350. The number of aliphatic hydroxyl groups is 2. The predicted octanol–water partition coefficient (Wildman–Crippen LogP) is 5.92. The third-order valence-electron chi connectivity index (χ3n) is 14.3. The van der Waals surface area contributed by atoms with Crippen LogP contribution in [0.5, 0.6) is 0 Å². The van der Waals surface area contributed by atoms with Crippen molar-refractivity contribution in [3.05, 3.63) is 71.8 Å². The molecule has 0 aromatic heterocycles. The average Bonchev–Trinajstić information content (AvgIpc) is 3.24. The van der Waals surface area contributed by atoms with Crippen LogP contribution in [0.2, 0.25) is 0 Å². The lowest BCUT2D eigenvalue weighted by Gasteiger charge is -2.67. The molecule has 3 N–H and O–H groups in total. The maximum absolute atomic E-state index is 15.1. The molecule has 0 spiro atoms. The number of hydrogen-bond donors (Lipinski definition) is 3. The first-order valence-corrected chi connectivity index (χ1v) is 22.9. The maximum Gasteiger partial charge on any atom is 0.408 e. The normalized spacial score (nSPS) is 32.0. The van der Waals surface area contributed by atoms with Crippen LogP contribution in [0.1, 0.15) is 129 Å². The summed E-state index contributed by atoms with van der Waals surface area (Å²) in [6.45, 7) is 13.9. The van der Waals surface area contributed by atoms with Gasteiger partial charge >= 0.3 is 30.0 Å². The Balaban J connectivity index is 1.49. The Hall–Kier alpha value is -5.19. The molecule has 2 aromatic carbocycles. The Bertz CT molecular complexity index is 2150. The fourth-order valence-electron chi connectivity index (χ4n) is 10.9. The largest absolute Gasteiger partial charge is 0.459 e. The van der Waals surface area contributed by atoms with Crippen molar-refractivity contribution in [2.45, 2.75) is 161 Å². The van der Waals surface area contributed by atoms with Crippen LogP contribution in [0.15, 0.2) is 60.7 Å². The van der Waals surface area contributed by atoms with Crippen molar-refractivity contribution >= 4 is 41.5 Å². The number of amides is 1. The second-order valence-corrected chi connectivity index (χ2v) is 20.2. The molecule has 3 unspecified atom stereocenters. The van der Waals surface area contributed by atoms with Crippen molar-refractivity contribution in [1.29, 1.82) is 0 Å². The van der Waals surface area contributed by atoms with E-state index in [0.29, 0.717) is 12.0 Å². The Morgan fingerprint density at radius 1 is 0.924 bits per heavy atom. The predicted molar refractivity (Wildman–Crippen MR) is 235 cm³/mol. The number of alkyl carbamates (subject to hydrolysis) is 1. The fourth-order valence-corrected chi connectivity index (χ4v) is 10.9. The van der Waals surface area contributed by atoms with E-state index in [1.165, 1.54) is 19.1 Å². The lowest BCUT2D eigenvalue weighted by atomic mass is 9.42. The number of nitrogens with one attached hydrogen (secondary N) is 1. The maximum atomic E-state index is 15.1. The Morgan fingerprint density at radius 3 is 2.14 bits per heavy atom. The second-order valence-electron chi connectivity index (χ2n) is 20.2. The quantitative estimate of drug-likeness (QED) is 0.0865. The highest BCUT2D eigenvalue weighted by atomic mass is 16.6. The van der Waals surface area contributed by atoms with E-state index in [1.807, 2.05) is 6.92 Å². The number of carbonyl (C=O) groups excluding carboxylic acids is 7. The summed E-state index contributed by atoms with van der Waals surface area (Å²) >= 11 is 0. The number of carbonyl (C=O) groups is 7. The van der Waals surface area contributed by atoms with Crippen molar-refractivity contribution in [2.24, 2.45) is 28.6 Å². The molecule has 4 aliphatic rings. The molecule has 4 fully saturated rings. The number of ketones is 2. The molecule has 6 rings (SSSR count). The Morgan fingerprint density at radius 2 is 1.56 bits per heavy atom. The van der Waals surface area contributed by atoms with Crippen molar-refractivity contribution in [3.63, 3.8) is 0 Å². The molecular formula is C50H65NO15. The molecular weight excluding hydrogens is 855 g/mol. The molecule has 1 aliphatic heterocycles. The van der Waals surface area contributed by atoms with Crippen LogP contribution in [0.3, 0.4) is 0 Å². The second kappa shape index (κ2) is 19.2. The Labute approximate surface area is 385 Å². The van der Waals surface area contributed by atoms with Crippen molar-refractivity contribution < 1.29 is 72.2 Å². The third kappa shape index (κ3) is 9.37.